The number of aliphatic carboxylic acids is 1. The summed E-state index contributed by atoms with van der Waals surface area (Å²) in [5.41, 5.74) is 0. The lowest BCUT2D eigenvalue weighted by Crippen LogP contribution is -2.23. The molecule has 1 aliphatic rings. The summed E-state index contributed by atoms with van der Waals surface area (Å²) in [4.78, 5) is 10.4. The van der Waals surface area contributed by atoms with Crippen LogP contribution in [0.4, 0.5) is 0 Å². The first-order valence-electron chi connectivity index (χ1n) is 4.15. The van der Waals surface area contributed by atoms with Crippen LogP contribution in [0.5, 0.6) is 0 Å². The molecule has 1 heterocycles. The largest absolute Gasteiger partial charge is 0.481 e. The molecule has 1 unspecified atom stereocenters. The number of hydrogen-bond acceptors (Lipinski definition) is 3. The molecule has 1 N–H and O–H groups in total. The zero-order valence-electron chi connectivity index (χ0n) is 7.21. The van der Waals surface area contributed by atoms with Crippen molar-refractivity contribution in [3.63, 3.8) is 0 Å². The third-order valence-corrected chi connectivity index (χ3v) is 5.51. The van der Waals surface area contributed by atoms with Crippen molar-refractivity contribution in [2.24, 2.45) is 0 Å². The minimum Gasteiger partial charge on any atom is -0.481 e. The molecule has 0 radical (unpaired) electrons. The number of rotatable bonds is 3. The topological polar surface area (TPSA) is 37.3 Å². The molecule has 0 amide bonds. The highest BCUT2D eigenvalue weighted by molar-refractivity contribution is 8.77. The van der Waals surface area contributed by atoms with Gasteiger partial charge in [0.05, 0.1) is 0 Å². The Hall–Kier alpha value is 0.170. The van der Waals surface area contributed by atoms with Gasteiger partial charge in [0.2, 0.25) is 0 Å². The summed E-state index contributed by atoms with van der Waals surface area (Å²) in [7, 11) is 3.74. The van der Waals surface area contributed by atoms with Crippen molar-refractivity contribution in [2.45, 2.75) is 37.4 Å². The maximum Gasteiger partial charge on any atom is 0.303 e. The molecular weight excluding hydrogens is 192 g/mol. The van der Waals surface area contributed by atoms with Crippen molar-refractivity contribution in [3.05, 3.63) is 0 Å². The van der Waals surface area contributed by atoms with E-state index in [1.807, 2.05) is 21.6 Å². The Morgan fingerprint density at radius 1 is 1.67 bits per heavy atom. The molecule has 2 nitrogen and oxygen atoms in total. The SMILES string of the molecule is CC1(CCC(=O)O)CCCSS1. The first-order chi connectivity index (χ1) is 5.62. The zero-order valence-corrected chi connectivity index (χ0v) is 8.84. The molecule has 0 spiro atoms. The quantitative estimate of drug-likeness (QED) is 0.720. The standard InChI is InChI=1S/C8H14O2S2/c1-8(5-3-7(9)10)4-2-6-11-12-8/h2-6H2,1H3,(H,9,10). The Kier molecular flexibility index (Phi) is 3.77. The van der Waals surface area contributed by atoms with Crippen LogP contribution in [0.2, 0.25) is 0 Å². The van der Waals surface area contributed by atoms with Crippen LogP contribution in [0, 0.1) is 0 Å². The van der Waals surface area contributed by atoms with Gasteiger partial charge in [0, 0.05) is 16.9 Å². The van der Waals surface area contributed by atoms with E-state index in [-0.39, 0.29) is 4.75 Å². The van der Waals surface area contributed by atoms with Crippen LogP contribution in [0.1, 0.15) is 32.6 Å². The lowest BCUT2D eigenvalue weighted by Gasteiger charge is -2.31. The molecule has 1 atom stereocenters. The summed E-state index contributed by atoms with van der Waals surface area (Å²) >= 11 is 0. The Labute approximate surface area is 80.9 Å². The van der Waals surface area contributed by atoms with Crippen LogP contribution in [-0.2, 0) is 4.79 Å². The Morgan fingerprint density at radius 2 is 2.42 bits per heavy atom. The van der Waals surface area contributed by atoms with Gasteiger partial charge in [-0.1, -0.05) is 21.6 Å². The van der Waals surface area contributed by atoms with Crippen LogP contribution in [-0.4, -0.2) is 21.6 Å². The van der Waals surface area contributed by atoms with Crippen molar-refractivity contribution in [1.82, 2.24) is 0 Å². The summed E-state index contributed by atoms with van der Waals surface area (Å²) in [6.07, 6.45) is 3.51. The summed E-state index contributed by atoms with van der Waals surface area (Å²) in [5, 5.41) is 8.54. The molecule has 0 aromatic carbocycles. The average molecular weight is 206 g/mol. The van der Waals surface area contributed by atoms with Crippen molar-refractivity contribution in [1.29, 1.82) is 0 Å². The van der Waals surface area contributed by atoms with Gasteiger partial charge in [-0.3, -0.25) is 4.79 Å². The van der Waals surface area contributed by atoms with E-state index in [4.69, 9.17) is 5.11 Å². The smallest absolute Gasteiger partial charge is 0.303 e. The highest BCUT2D eigenvalue weighted by atomic mass is 33.1. The van der Waals surface area contributed by atoms with E-state index in [0.717, 1.165) is 12.8 Å². The van der Waals surface area contributed by atoms with Gasteiger partial charge in [-0.2, -0.15) is 0 Å². The fourth-order valence-corrected chi connectivity index (χ4v) is 4.27. The van der Waals surface area contributed by atoms with Gasteiger partial charge in [0.1, 0.15) is 0 Å². The molecule has 1 fully saturated rings. The third-order valence-electron chi connectivity index (χ3n) is 2.06. The molecule has 1 rings (SSSR count). The Morgan fingerprint density at radius 3 is 2.92 bits per heavy atom. The predicted molar refractivity (Wildman–Crippen MR) is 54.6 cm³/mol. The van der Waals surface area contributed by atoms with E-state index >= 15 is 0 Å². The normalized spacial score (nSPS) is 30.1. The molecule has 0 aromatic heterocycles. The lowest BCUT2D eigenvalue weighted by molar-refractivity contribution is -0.137. The fraction of sp³-hybridized carbons (Fsp3) is 0.875. The molecule has 1 saturated heterocycles. The van der Waals surface area contributed by atoms with E-state index in [1.165, 1.54) is 12.2 Å². The number of carbonyl (C=O) groups is 1. The van der Waals surface area contributed by atoms with Crippen LogP contribution in [0.3, 0.4) is 0 Å². The molecule has 0 aromatic rings. The third kappa shape index (κ3) is 3.27. The number of carboxylic acids is 1. The molecule has 1 aliphatic heterocycles. The van der Waals surface area contributed by atoms with Crippen LogP contribution in [0.15, 0.2) is 0 Å². The average Bonchev–Trinajstić information content (AvgIpc) is 2.03. The second kappa shape index (κ2) is 4.42. The fourth-order valence-electron chi connectivity index (χ4n) is 1.27. The second-order valence-corrected chi connectivity index (χ2v) is 6.36. The lowest BCUT2D eigenvalue weighted by atomic mass is 9.99. The van der Waals surface area contributed by atoms with Gasteiger partial charge in [-0.05, 0) is 26.2 Å². The molecule has 0 bridgehead atoms. The van der Waals surface area contributed by atoms with E-state index in [2.05, 4.69) is 6.92 Å². The predicted octanol–water partition coefficient (Wildman–Crippen LogP) is 2.79. The molecule has 4 heteroatoms. The van der Waals surface area contributed by atoms with Crippen LogP contribution >= 0.6 is 21.6 Å². The van der Waals surface area contributed by atoms with E-state index in [9.17, 15) is 4.79 Å². The Balaban J connectivity index is 2.31. The van der Waals surface area contributed by atoms with Gasteiger partial charge < -0.3 is 5.11 Å². The van der Waals surface area contributed by atoms with E-state index < -0.39 is 5.97 Å². The van der Waals surface area contributed by atoms with Crippen LogP contribution < -0.4 is 0 Å². The summed E-state index contributed by atoms with van der Waals surface area (Å²) < 4.78 is 0.210. The second-order valence-electron chi connectivity index (χ2n) is 3.35. The van der Waals surface area contributed by atoms with Crippen molar-refractivity contribution in [3.8, 4) is 0 Å². The summed E-state index contributed by atoms with van der Waals surface area (Å²) in [6, 6.07) is 0. The Bertz CT molecular complexity index is 164. The highest BCUT2D eigenvalue weighted by Gasteiger charge is 2.28. The summed E-state index contributed by atoms with van der Waals surface area (Å²) in [5.74, 6) is 0.542. The van der Waals surface area contributed by atoms with E-state index in [0.29, 0.717) is 6.42 Å². The molecule has 12 heavy (non-hydrogen) atoms. The van der Waals surface area contributed by atoms with Gasteiger partial charge in [-0.25, -0.2) is 0 Å². The van der Waals surface area contributed by atoms with Crippen molar-refractivity contribution < 1.29 is 9.90 Å². The first kappa shape index (κ1) is 10.3. The van der Waals surface area contributed by atoms with Gasteiger partial charge in [0.25, 0.3) is 0 Å². The zero-order chi connectivity index (χ0) is 9.03. The van der Waals surface area contributed by atoms with Crippen molar-refractivity contribution in [2.75, 3.05) is 5.75 Å². The van der Waals surface area contributed by atoms with Gasteiger partial charge >= 0.3 is 5.97 Å². The molecular formula is C8H14O2S2. The van der Waals surface area contributed by atoms with Gasteiger partial charge in [0.15, 0.2) is 0 Å². The molecule has 0 saturated carbocycles. The van der Waals surface area contributed by atoms with Crippen molar-refractivity contribution >= 4 is 27.6 Å². The molecule has 0 aliphatic carbocycles. The van der Waals surface area contributed by atoms with E-state index in [1.54, 1.807) is 0 Å². The minimum atomic E-state index is -0.674. The minimum absolute atomic E-state index is 0.210. The monoisotopic (exact) mass is 206 g/mol. The molecule has 70 valence electrons. The maximum absolute atomic E-state index is 10.4. The summed E-state index contributed by atoms with van der Waals surface area (Å²) in [6.45, 7) is 2.17. The number of hydrogen-bond donors (Lipinski definition) is 1. The number of carboxylic acid groups (broad SMARTS) is 1. The highest BCUT2D eigenvalue weighted by Crippen LogP contribution is 2.46. The van der Waals surface area contributed by atoms with Crippen LogP contribution in [0.25, 0.3) is 0 Å². The first-order valence-corrected chi connectivity index (χ1v) is 6.47. The maximum atomic E-state index is 10.4. The van der Waals surface area contributed by atoms with Gasteiger partial charge in [-0.15, -0.1) is 0 Å².